The van der Waals surface area contributed by atoms with Crippen LogP contribution in [0.15, 0.2) is 0 Å². The highest BCUT2D eigenvalue weighted by Gasteiger charge is 2.35. The van der Waals surface area contributed by atoms with E-state index < -0.39 is 18.2 Å². The van der Waals surface area contributed by atoms with Crippen molar-refractivity contribution >= 4 is 0 Å². The summed E-state index contributed by atoms with van der Waals surface area (Å²) < 4.78 is 35.0. The van der Waals surface area contributed by atoms with Crippen molar-refractivity contribution in [1.82, 2.24) is 0 Å². The first-order valence-corrected chi connectivity index (χ1v) is 4.20. The van der Waals surface area contributed by atoms with Gasteiger partial charge in [0.2, 0.25) is 0 Å². The van der Waals surface area contributed by atoms with Crippen LogP contribution in [0.3, 0.4) is 0 Å². The van der Waals surface area contributed by atoms with Crippen LogP contribution in [0.2, 0.25) is 0 Å². The molecule has 1 nitrogen and oxygen atoms in total. The topological polar surface area (TPSA) is 20.2 Å². The summed E-state index contributed by atoms with van der Waals surface area (Å²) in [5.41, 5.74) is -0.759. The van der Waals surface area contributed by atoms with Crippen LogP contribution in [0.4, 0.5) is 13.2 Å². The summed E-state index contributed by atoms with van der Waals surface area (Å²) in [5, 5.41) is 9.44. The molecule has 1 rings (SSSR count). The van der Waals surface area contributed by atoms with Gasteiger partial charge < -0.3 is 5.11 Å². The van der Waals surface area contributed by atoms with Crippen LogP contribution < -0.4 is 0 Å². The summed E-state index contributed by atoms with van der Waals surface area (Å²) >= 11 is 0. The van der Waals surface area contributed by atoms with Crippen LogP contribution in [-0.2, 0) is 0 Å². The molecule has 0 spiro atoms. The predicted octanol–water partition coefficient (Wildman–Crippen LogP) is 2.63. The molecule has 72 valence electrons. The normalized spacial score (nSPS) is 22.0. The molecule has 1 aliphatic rings. The van der Waals surface area contributed by atoms with Gasteiger partial charge in [-0.25, -0.2) is 0 Å². The zero-order chi connectivity index (χ0) is 9.24. The average Bonchev–Trinajstić information content (AvgIpc) is 1.81. The molecule has 1 saturated carbocycles. The van der Waals surface area contributed by atoms with Crippen LogP contribution >= 0.6 is 0 Å². The van der Waals surface area contributed by atoms with Gasteiger partial charge in [-0.15, -0.1) is 0 Å². The molecule has 1 aliphatic carbocycles. The molecule has 0 aromatic heterocycles. The highest BCUT2D eigenvalue weighted by Crippen LogP contribution is 2.37. The Bertz CT molecular complexity index is 149. The minimum atomic E-state index is -4.07. The highest BCUT2D eigenvalue weighted by atomic mass is 19.4. The molecular weight excluding hydrogens is 169 g/mol. The summed E-state index contributed by atoms with van der Waals surface area (Å²) in [5.74, 6) is 0. The standard InChI is InChI=1S/C8H13F3O/c9-8(10,11)6-2-5-7(12)3-1-4-7/h12H,1-6H2. The Morgan fingerprint density at radius 2 is 1.83 bits per heavy atom. The van der Waals surface area contributed by atoms with E-state index in [0.29, 0.717) is 19.3 Å². The zero-order valence-electron chi connectivity index (χ0n) is 6.82. The Balaban J connectivity index is 2.10. The SMILES string of the molecule is OC1(CCCC(F)(F)F)CCC1. The fourth-order valence-corrected chi connectivity index (χ4v) is 1.45. The van der Waals surface area contributed by atoms with E-state index in [1.54, 1.807) is 0 Å². The van der Waals surface area contributed by atoms with Crippen LogP contribution in [0.25, 0.3) is 0 Å². The number of hydrogen-bond donors (Lipinski definition) is 1. The summed E-state index contributed by atoms with van der Waals surface area (Å²) in [6, 6.07) is 0. The second-order valence-electron chi connectivity index (χ2n) is 3.55. The van der Waals surface area contributed by atoms with Crippen LogP contribution in [-0.4, -0.2) is 16.9 Å². The summed E-state index contributed by atoms with van der Waals surface area (Å²) in [4.78, 5) is 0. The monoisotopic (exact) mass is 182 g/mol. The van der Waals surface area contributed by atoms with E-state index in [0.717, 1.165) is 6.42 Å². The molecule has 0 amide bonds. The minimum absolute atomic E-state index is 0.0556. The maximum absolute atomic E-state index is 11.7. The third kappa shape index (κ3) is 3.01. The molecule has 0 heterocycles. The van der Waals surface area contributed by atoms with E-state index in [1.165, 1.54) is 0 Å². The second-order valence-corrected chi connectivity index (χ2v) is 3.55. The maximum Gasteiger partial charge on any atom is 0.389 e. The van der Waals surface area contributed by atoms with E-state index in [4.69, 9.17) is 0 Å². The van der Waals surface area contributed by atoms with Crippen molar-refractivity contribution in [3.05, 3.63) is 0 Å². The van der Waals surface area contributed by atoms with Crippen molar-refractivity contribution in [3.63, 3.8) is 0 Å². The predicted molar refractivity (Wildman–Crippen MR) is 38.7 cm³/mol. The lowest BCUT2D eigenvalue weighted by Crippen LogP contribution is -2.36. The van der Waals surface area contributed by atoms with E-state index in [-0.39, 0.29) is 6.42 Å². The van der Waals surface area contributed by atoms with Gasteiger partial charge in [0.1, 0.15) is 0 Å². The Morgan fingerprint density at radius 1 is 1.25 bits per heavy atom. The molecule has 1 fully saturated rings. The van der Waals surface area contributed by atoms with Gasteiger partial charge in [0.05, 0.1) is 5.60 Å². The molecule has 0 aromatic rings. The van der Waals surface area contributed by atoms with E-state index >= 15 is 0 Å². The lowest BCUT2D eigenvalue weighted by Gasteiger charge is -2.36. The lowest BCUT2D eigenvalue weighted by molar-refractivity contribution is -0.139. The number of aliphatic hydroxyl groups is 1. The van der Waals surface area contributed by atoms with E-state index in [2.05, 4.69) is 0 Å². The molecule has 0 saturated heterocycles. The first-order chi connectivity index (χ1) is 5.41. The van der Waals surface area contributed by atoms with Gasteiger partial charge in [-0.2, -0.15) is 13.2 Å². The van der Waals surface area contributed by atoms with Gasteiger partial charge in [0.25, 0.3) is 0 Å². The van der Waals surface area contributed by atoms with Crippen molar-refractivity contribution in [1.29, 1.82) is 0 Å². The third-order valence-electron chi connectivity index (χ3n) is 2.39. The Kier molecular flexibility index (Phi) is 2.66. The fourth-order valence-electron chi connectivity index (χ4n) is 1.45. The molecule has 1 N–H and O–H groups in total. The molecule has 0 aromatic carbocycles. The van der Waals surface area contributed by atoms with Gasteiger partial charge in [0, 0.05) is 6.42 Å². The van der Waals surface area contributed by atoms with E-state index in [9.17, 15) is 18.3 Å². The van der Waals surface area contributed by atoms with Gasteiger partial charge >= 0.3 is 6.18 Å². The van der Waals surface area contributed by atoms with Crippen LogP contribution in [0, 0.1) is 0 Å². The third-order valence-corrected chi connectivity index (χ3v) is 2.39. The van der Waals surface area contributed by atoms with Crippen molar-refractivity contribution < 1.29 is 18.3 Å². The molecule has 12 heavy (non-hydrogen) atoms. The van der Waals surface area contributed by atoms with Gasteiger partial charge in [-0.05, 0) is 32.1 Å². The van der Waals surface area contributed by atoms with Gasteiger partial charge in [-0.3, -0.25) is 0 Å². The van der Waals surface area contributed by atoms with Crippen molar-refractivity contribution in [2.45, 2.75) is 50.3 Å². The van der Waals surface area contributed by atoms with Crippen molar-refractivity contribution in [2.24, 2.45) is 0 Å². The van der Waals surface area contributed by atoms with Crippen LogP contribution in [0.1, 0.15) is 38.5 Å². The highest BCUT2D eigenvalue weighted by molar-refractivity contribution is 4.87. The van der Waals surface area contributed by atoms with Gasteiger partial charge in [0.15, 0.2) is 0 Å². The minimum Gasteiger partial charge on any atom is -0.390 e. The number of halogens is 3. The molecule has 0 atom stereocenters. The lowest BCUT2D eigenvalue weighted by atomic mass is 9.77. The number of alkyl halides is 3. The molecule has 0 bridgehead atoms. The fraction of sp³-hybridized carbons (Fsp3) is 1.00. The largest absolute Gasteiger partial charge is 0.390 e. The Morgan fingerprint density at radius 3 is 2.17 bits per heavy atom. The first-order valence-electron chi connectivity index (χ1n) is 4.20. The molecule has 4 heteroatoms. The summed E-state index contributed by atoms with van der Waals surface area (Å²) in [6.07, 6.45) is -2.19. The molecular formula is C8H13F3O. The summed E-state index contributed by atoms with van der Waals surface area (Å²) in [6.45, 7) is 0. The Hall–Kier alpha value is -0.250. The average molecular weight is 182 g/mol. The van der Waals surface area contributed by atoms with Crippen LogP contribution in [0.5, 0.6) is 0 Å². The number of rotatable bonds is 3. The quantitative estimate of drug-likeness (QED) is 0.711. The second kappa shape index (κ2) is 3.24. The zero-order valence-corrected chi connectivity index (χ0v) is 6.82. The van der Waals surface area contributed by atoms with E-state index in [1.807, 2.05) is 0 Å². The van der Waals surface area contributed by atoms with Crippen molar-refractivity contribution in [3.8, 4) is 0 Å². The molecule has 0 aliphatic heterocycles. The number of hydrogen-bond acceptors (Lipinski definition) is 1. The smallest absolute Gasteiger partial charge is 0.389 e. The van der Waals surface area contributed by atoms with Gasteiger partial charge in [-0.1, -0.05) is 0 Å². The summed E-state index contributed by atoms with van der Waals surface area (Å²) in [7, 11) is 0. The molecule has 0 radical (unpaired) electrons. The Labute approximate surface area is 69.6 Å². The van der Waals surface area contributed by atoms with Crippen molar-refractivity contribution in [2.75, 3.05) is 0 Å². The first kappa shape index (κ1) is 9.84. The molecule has 0 unspecified atom stereocenters. The maximum atomic E-state index is 11.7.